The minimum Gasteiger partial charge on any atom is -0.352 e. The molecule has 0 bridgehead atoms. The van der Waals surface area contributed by atoms with Gasteiger partial charge in [0, 0.05) is 25.2 Å². The molecular weight excluding hydrogens is 276 g/mol. The van der Waals surface area contributed by atoms with E-state index in [1.165, 1.54) is 0 Å². The van der Waals surface area contributed by atoms with Crippen LogP contribution < -0.4 is 10.6 Å². The Morgan fingerprint density at radius 1 is 1.41 bits per heavy atom. The van der Waals surface area contributed by atoms with E-state index < -0.39 is 0 Å². The number of benzene rings is 1. The van der Waals surface area contributed by atoms with Gasteiger partial charge in [0.15, 0.2) is 0 Å². The molecule has 1 aromatic carbocycles. The van der Waals surface area contributed by atoms with E-state index in [-0.39, 0.29) is 5.91 Å². The number of nitrogens with zero attached hydrogens (tertiary/aromatic N) is 2. The number of nitrogens with one attached hydrogen (secondary N) is 2. The van der Waals surface area contributed by atoms with Gasteiger partial charge in [-0.05, 0) is 38.4 Å². The zero-order valence-electron chi connectivity index (χ0n) is 12.9. The van der Waals surface area contributed by atoms with Crippen molar-refractivity contribution in [1.29, 1.82) is 0 Å². The molecule has 1 fully saturated rings. The van der Waals surface area contributed by atoms with E-state index in [0.717, 1.165) is 37.3 Å². The maximum atomic E-state index is 12.4. The molecule has 1 atom stereocenters. The zero-order valence-corrected chi connectivity index (χ0v) is 12.9. The third-order valence-electron chi connectivity index (χ3n) is 4.03. The van der Waals surface area contributed by atoms with E-state index in [2.05, 4.69) is 10.6 Å². The maximum Gasteiger partial charge on any atom is 0.254 e. The van der Waals surface area contributed by atoms with E-state index in [4.69, 9.17) is 5.10 Å². The highest BCUT2D eigenvalue weighted by Crippen LogP contribution is 2.26. The summed E-state index contributed by atoms with van der Waals surface area (Å²) in [4.78, 5) is 12.4. The highest BCUT2D eigenvalue weighted by atomic mass is 16.1. The summed E-state index contributed by atoms with van der Waals surface area (Å²) in [6.07, 6.45) is 4.05. The van der Waals surface area contributed by atoms with E-state index >= 15 is 0 Å². The number of hydrogen-bond acceptors (Lipinski definition) is 3. The highest BCUT2D eigenvalue weighted by molar-refractivity contribution is 5.95. The predicted molar refractivity (Wildman–Crippen MR) is 86.4 cm³/mol. The summed E-state index contributed by atoms with van der Waals surface area (Å²) in [5.41, 5.74) is 2.57. The van der Waals surface area contributed by atoms with Crippen LogP contribution in [0.1, 0.15) is 41.7 Å². The molecule has 0 saturated carbocycles. The van der Waals surface area contributed by atoms with Gasteiger partial charge in [-0.15, -0.1) is 0 Å². The lowest BCUT2D eigenvalue weighted by Crippen LogP contribution is -2.30. The third-order valence-corrected chi connectivity index (χ3v) is 4.03. The first-order chi connectivity index (χ1) is 10.8. The Hall–Kier alpha value is -2.14. The van der Waals surface area contributed by atoms with Crippen LogP contribution in [0.25, 0.3) is 5.69 Å². The molecule has 2 heterocycles. The van der Waals surface area contributed by atoms with Crippen LogP contribution in [-0.2, 0) is 0 Å². The summed E-state index contributed by atoms with van der Waals surface area (Å²) >= 11 is 0. The molecule has 0 radical (unpaired) electrons. The number of rotatable bonds is 4. The standard InChI is InChI=1S/C17H22N4O/c1-2-19-17(22)15-12-21(14-8-4-3-5-9-14)20-16(15)13-7-6-10-18-11-13/h3-5,8-9,12-13,18H,2,6-7,10-11H2,1H3,(H,19,22). The van der Waals surface area contributed by atoms with E-state index in [1.54, 1.807) is 0 Å². The molecule has 22 heavy (non-hydrogen) atoms. The lowest BCUT2D eigenvalue weighted by Gasteiger charge is -2.21. The average molecular weight is 298 g/mol. The normalized spacial score (nSPS) is 18.1. The molecule has 1 amide bonds. The molecular formula is C17H22N4O. The van der Waals surface area contributed by atoms with Crippen molar-refractivity contribution in [1.82, 2.24) is 20.4 Å². The van der Waals surface area contributed by atoms with Gasteiger partial charge in [-0.3, -0.25) is 4.79 Å². The lowest BCUT2D eigenvalue weighted by atomic mass is 9.93. The van der Waals surface area contributed by atoms with Crippen molar-refractivity contribution in [3.8, 4) is 5.69 Å². The summed E-state index contributed by atoms with van der Waals surface area (Å²) in [5, 5.41) is 11.0. The van der Waals surface area contributed by atoms with Crippen molar-refractivity contribution in [2.45, 2.75) is 25.7 Å². The maximum absolute atomic E-state index is 12.4. The average Bonchev–Trinajstić information content (AvgIpc) is 3.02. The van der Waals surface area contributed by atoms with E-state index in [1.807, 2.05) is 48.1 Å². The Kier molecular flexibility index (Phi) is 4.53. The van der Waals surface area contributed by atoms with Crippen LogP contribution in [0.2, 0.25) is 0 Å². The minimum absolute atomic E-state index is 0.0368. The van der Waals surface area contributed by atoms with Gasteiger partial charge in [0.25, 0.3) is 5.91 Å². The number of carbonyl (C=O) groups excluding carboxylic acids is 1. The van der Waals surface area contributed by atoms with Crippen LogP contribution in [0.4, 0.5) is 0 Å². The van der Waals surface area contributed by atoms with Gasteiger partial charge in [-0.2, -0.15) is 5.10 Å². The first kappa shape index (κ1) is 14.8. The van der Waals surface area contributed by atoms with Crippen molar-refractivity contribution >= 4 is 5.91 Å². The molecule has 5 heteroatoms. The highest BCUT2D eigenvalue weighted by Gasteiger charge is 2.25. The number of aromatic nitrogens is 2. The molecule has 2 aromatic rings. The van der Waals surface area contributed by atoms with Gasteiger partial charge in [0.05, 0.1) is 16.9 Å². The second-order valence-corrected chi connectivity index (χ2v) is 5.61. The lowest BCUT2D eigenvalue weighted by molar-refractivity contribution is 0.0954. The van der Waals surface area contributed by atoms with Crippen LogP contribution in [0, 0.1) is 0 Å². The fourth-order valence-corrected chi connectivity index (χ4v) is 2.92. The Labute approximate surface area is 130 Å². The second-order valence-electron chi connectivity index (χ2n) is 5.61. The molecule has 2 N–H and O–H groups in total. The quantitative estimate of drug-likeness (QED) is 0.908. The van der Waals surface area contributed by atoms with Gasteiger partial charge in [0.2, 0.25) is 0 Å². The number of amides is 1. The topological polar surface area (TPSA) is 59.0 Å². The van der Waals surface area contributed by atoms with Crippen LogP contribution in [-0.4, -0.2) is 35.3 Å². The van der Waals surface area contributed by atoms with Crippen LogP contribution in [0.15, 0.2) is 36.5 Å². The molecule has 0 aliphatic carbocycles. The SMILES string of the molecule is CCNC(=O)c1cn(-c2ccccc2)nc1C1CCCNC1. The number of hydrogen-bond donors (Lipinski definition) is 2. The van der Waals surface area contributed by atoms with Gasteiger partial charge in [0.1, 0.15) is 0 Å². The number of piperidine rings is 1. The molecule has 1 saturated heterocycles. The van der Waals surface area contributed by atoms with Crippen molar-refractivity contribution < 1.29 is 4.79 Å². The fraction of sp³-hybridized carbons (Fsp3) is 0.412. The first-order valence-electron chi connectivity index (χ1n) is 7.93. The Morgan fingerprint density at radius 2 is 2.23 bits per heavy atom. The fourth-order valence-electron chi connectivity index (χ4n) is 2.92. The molecule has 1 aliphatic rings. The predicted octanol–water partition coefficient (Wildman–Crippen LogP) is 2.09. The molecule has 116 valence electrons. The molecule has 5 nitrogen and oxygen atoms in total. The summed E-state index contributed by atoms with van der Waals surface area (Å²) in [6.45, 7) is 4.49. The summed E-state index contributed by atoms with van der Waals surface area (Å²) in [5.74, 6) is 0.265. The van der Waals surface area contributed by atoms with Crippen LogP contribution in [0.5, 0.6) is 0 Å². The molecule has 1 aliphatic heterocycles. The Bertz CT molecular complexity index is 629. The molecule has 3 rings (SSSR count). The minimum atomic E-state index is -0.0368. The van der Waals surface area contributed by atoms with Gasteiger partial charge in [-0.25, -0.2) is 4.68 Å². The van der Waals surface area contributed by atoms with Gasteiger partial charge in [-0.1, -0.05) is 18.2 Å². The Balaban J connectivity index is 1.98. The second kappa shape index (κ2) is 6.75. The zero-order chi connectivity index (χ0) is 15.4. The summed E-state index contributed by atoms with van der Waals surface area (Å²) in [6, 6.07) is 9.92. The Morgan fingerprint density at radius 3 is 2.91 bits per heavy atom. The van der Waals surface area contributed by atoms with Crippen LogP contribution >= 0.6 is 0 Å². The van der Waals surface area contributed by atoms with E-state index in [0.29, 0.717) is 18.0 Å². The molecule has 1 unspecified atom stereocenters. The molecule has 0 spiro atoms. The van der Waals surface area contributed by atoms with Crippen molar-refractivity contribution in [2.75, 3.05) is 19.6 Å². The number of carbonyl (C=O) groups is 1. The van der Waals surface area contributed by atoms with Crippen molar-refractivity contribution in [3.05, 3.63) is 47.8 Å². The molecule has 1 aromatic heterocycles. The first-order valence-corrected chi connectivity index (χ1v) is 7.93. The van der Waals surface area contributed by atoms with Crippen LogP contribution in [0.3, 0.4) is 0 Å². The van der Waals surface area contributed by atoms with Crippen molar-refractivity contribution in [2.24, 2.45) is 0 Å². The van der Waals surface area contributed by atoms with Crippen molar-refractivity contribution in [3.63, 3.8) is 0 Å². The monoisotopic (exact) mass is 298 g/mol. The summed E-state index contributed by atoms with van der Waals surface area (Å²) < 4.78 is 1.81. The van der Waals surface area contributed by atoms with Gasteiger partial charge >= 0.3 is 0 Å². The summed E-state index contributed by atoms with van der Waals surface area (Å²) in [7, 11) is 0. The van der Waals surface area contributed by atoms with E-state index in [9.17, 15) is 4.79 Å². The number of para-hydroxylation sites is 1. The smallest absolute Gasteiger partial charge is 0.254 e. The van der Waals surface area contributed by atoms with Gasteiger partial charge < -0.3 is 10.6 Å². The third kappa shape index (κ3) is 3.04. The largest absolute Gasteiger partial charge is 0.352 e.